The molecule has 0 radical (unpaired) electrons. The second-order valence-electron chi connectivity index (χ2n) is 4.33. The third-order valence-corrected chi connectivity index (χ3v) is 6.40. The topological polar surface area (TPSA) is 83.5 Å². The standard InChI is InChI=1S/C8H16N2O4S2/c11-15(12)6-3-8(7-15)9-16(13,14)10-4-1-2-5-10/h8-9H,1-7H2. The van der Waals surface area contributed by atoms with Crippen LogP contribution >= 0.6 is 0 Å². The molecular formula is C8H16N2O4S2. The van der Waals surface area contributed by atoms with Gasteiger partial charge in [0.2, 0.25) is 0 Å². The summed E-state index contributed by atoms with van der Waals surface area (Å²) in [5.74, 6) is 0.0141. The van der Waals surface area contributed by atoms with Crippen molar-refractivity contribution in [2.75, 3.05) is 24.6 Å². The first-order valence-corrected chi connectivity index (χ1v) is 8.63. The third kappa shape index (κ3) is 2.73. The molecule has 0 aromatic rings. The SMILES string of the molecule is O=S1(=O)CCC(NS(=O)(=O)N2CCCC2)C1. The predicted octanol–water partition coefficient (Wildman–Crippen LogP) is -0.896. The van der Waals surface area contributed by atoms with E-state index in [1.165, 1.54) is 4.31 Å². The molecule has 2 rings (SSSR count). The van der Waals surface area contributed by atoms with Gasteiger partial charge in [0.05, 0.1) is 11.5 Å². The number of rotatable bonds is 3. The van der Waals surface area contributed by atoms with Gasteiger partial charge in [-0.3, -0.25) is 0 Å². The Hall–Kier alpha value is -0.180. The van der Waals surface area contributed by atoms with Crippen LogP contribution in [0.3, 0.4) is 0 Å². The molecule has 94 valence electrons. The van der Waals surface area contributed by atoms with Crippen LogP contribution in [0.2, 0.25) is 0 Å². The number of hydrogen-bond acceptors (Lipinski definition) is 4. The van der Waals surface area contributed by atoms with Crippen LogP contribution in [-0.2, 0) is 20.0 Å². The molecule has 0 amide bonds. The minimum absolute atomic E-state index is 0.0694. The zero-order chi connectivity index (χ0) is 11.8. The lowest BCUT2D eigenvalue weighted by Crippen LogP contribution is -2.44. The molecule has 6 nitrogen and oxygen atoms in total. The molecule has 0 saturated carbocycles. The van der Waals surface area contributed by atoms with Crippen molar-refractivity contribution in [3.63, 3.8) is 0 Å². The summed E-state index contributed by atoms with van der Waals surface area (Å²) in [6.07, 6.45) is 2.14. The molecule has 2 aliphatic rings. The van der Waals surface area contributed by atoms with E-state index < -0.39 is 26.1 Å². The average Bonchev–Trinajstić information content (AvgIpc) is 2.74. The van der Waals surface area contributed by atoms with Gasteiger partial charge in [0, 0.05) is 19.1 Å². The van der Waals surface area contributed by atoms with E-state index in [0.717, 1.165) is 12.8 Å². The maximum atomic E-state index is 11.8. The molecule has 0 bridgehead atoms. The highest BCUT2D eigenvalue weighted by Crippen LogP contribution is 2.16. The second-order valence-corrected chi connectivity index (χ2v) is 8.26. The zero-order valence-corrected chi connectivity index (χ0v) is 10.6. The van der Waals surface area contributed by atoms with Crippen LogP contribution in [0, 0.1) is 0 Å². The van der Waals surface area contributed by atoms with E-state index in [9.17, 15) is 16.8 Å². The number of sulfone groups is 1. The summed E-state index contributed by atoms with van der Waals surface area (Å²) >= 11 is 0. The Bertz CT molecular complexity index is 450. The van der Waals surface area contributed by atoms with Crippen LogP contribution in [0.4, 0.5) is 0 Å². The summed E-state index contributed by atoms with van der Waals surface area (Å²) < 4.78 is 49.9. The lowest BCUT2D eigenvalue weighted by molar-refractivity contribution is 0.456. The van der Waals surface area contributed by atoms with Crippen molar-refractivity contribution in [2.45, 2.75) is 25.3 Å². The molecule has 0 aromatic heterocycles. The van der Waals surface area contributed by atoms with Gasteiger partial charge in [0.25, 0.3) is 10.2 Å². The monoisotopic (exact) mass is 268 g/mol. The second kappa shape index (κ2) is 4.25. The number of nitrogens with one attached hydrogen (secondary N) is 1. The van der Waals surface area contributed by atoms with Crippen LogP contribution in [0.25, 0.3) is 0 Å². The molecule has 1 N–H and O–H groups in total. The lowest BCUT2D eigenvalue weighted by atomic mass is 10.3. The third-order valence-electron chi connectivity index (χ3n) is 2.95. The highest BCUT2D eigenvalue weighted by Gasteiger charge is 2.33. The van der Waals surface area contributed by atoms with E-state index in [4.69, 9.17) is 0 Å². The van der Waals surface area contributed by atoms with Crippen LogP contribution in [0.1, 0.15) is 19.3 Å². The van der Waals surface area contributed by atoms with E-state index in [-0.39, 0.29) is 11.5 Å². The molecule has 8 heteroatoms. The largest absolute Gasteiger partial charge is 0.279 e. The fourth-order valence-corrected chi connectivity index (χ4v) is 5.39. The molecule has 2 aliphatic heterocycles. The first-order chi connectivity index (χ1) is 7.39. The summed E-state index contributed by atoms with van der Waals surface area (Å²) in [4.78, 5) is 0. The first-order valence-electron chi connectivity index (χ1n) is 5.37. The van der Waals surface area contributed by atoms with E-state index in [1.807, 2.05) is 0 Å². The quantitative estimate of drug-likeness (QED) is 0.719. The number of nitrogens with zero attached hydrogens (tertiary/aromatic N) is 1. The smallest absolute Gasteiger partial charge is 0.229 e. The summed E-state index contributed by atoms with van der Waals surface area (Å²) in [5.41, 5.74) is 0. The van der Waals surface area contributed by atoms with Crippen molar-refractivity contribution >= 4 is 20.0 Å². The minimum Gasteiger partial charge on any atom is -0.229 e. The Morgan fingerprint density at radius 1 is 1.19 bits per heavy atom. The van der Waals surface area contributed by atoms with Crippen molar-refractivity contribution < 1.29 is 16.8 Å². The average molecular weight is 268 g/mol. The van der Waals surface area contributed by atoms with E-state index >= 15 is 0 Å². The highest BCUT2D eigenvalue weighted by atomic mass is 32.2. The van der Waals surface area contributed by atoms with Gasteiger partial charge in [-0.05, 0) is 19.3 Å². The van der Waals surface area contributed by atoms with Gasteiger partial charge >= 0.3 is 0 Å². The minimum atomic E-state index is -3.47. The van der Waals surface area contributed by atoms with Crippen molar-refractivity contribution in [2.24, 2.45) is 0 Å². The van der Waals surface area contributed by atoms with Crippen molar-refractivity contribution in [1.82, 2.24) is 9.03 Å². The number of hydrogen-bond donors (Lipinski definition) is 1. The molecule has 2 fully saturated rings. The molecule has 0 aliphatic carbocycles. The van der Waals surface area contributed by atoms with E-state index in [2.05, 4.69) is 4.72 Å². The van der Waals surface area contributed by atoms with E-state index in [1.54, 1.807) is 0 Å². The Balaban J connectivity index is 1.99. The Morgan fingerprint density at radius 3 is 2.31 bits per heavy atom. The van der Waals surface area contributed by atoms with Gasteiger partial charge in [0.1, 0.15) is 0 Å². The molecular weight excluding hydrogens is 252 g/mol. The van der Waals surface area contributed by atoms with E-state index in [0.29, 0.717) is 19.5 Å². The lowest BCUT2D eigenvalue weighted by Gasteiger charge is -2.18. The highest BCUT2D eigenvalue weighted by molar-refractivity contribution is 7.91. The van der Waals surface area contributed by atoms with Gasteiger partial charge in [-0.1, -0.05) is 0 Å². The molecule has 1 unspecified atom stereocenters. The van der Waals surface area contributed by atoms with Crippen molar-refractivity contribution in [3.8, 4) is 0 Å². The maximum absolute atomic E-state index is 11.8. The molecule has 2 heterocycles. The summed E-state index contributed by atoms with van der Waals surface area (Å²) in [7, 11) is -6.51. The normalized spacial score (nSPS) is 30.9. The van der Waals surface area contributed by atoms with Crippen molar-refractivity contribution in [3.05, 3.63) is 0 Å². The molecule has 0 aromatic carbocycles. The van der Waals surface area contributed by atoms with Crippen molar-refractivity contribution in [1.29, 1.82) is 0 Å². The fourth-order valence-electron chi connectivity index (χ4n) is 2.10. The maximum Gasteiger partial charge on any atom is 0.279 e. The molecule has 1 atom stereocenters. The Labute approximate surface area is 96.1 Å². The Morgan fingerprint density at radius 2 is 1.81 bits per heavy atom. The van der Waals surface area contributed by atoms with Crippen LogP contribution < -0.4 is 4.72 Å². The summed E-state index contributed by atoms with van der Waals surface area (Å²) in [6.45, 7) is 1.07. The first kappa shape index (κ1) is 12.3. The molecule has 0 spiro atoms. The van der Waals surface area contributed by atoms with Gasteiger partial charge in [-0.2, -0.15) is 17.4 Å². The van der Waals surface area contributed by atoms with Gasteiger partial charge in [-0.15, -0.1) is 0 Å². The summed E-state index contributed by atoms with van der Waals surface area (Å²) in [5, 5.41) is 0. The van der Waals surface area contributed by atoms with Crippen LogP contribution in [0.15, 0.2) is 0 Å². The van der Waals surface area contributed by atoms with Gasteiger partial charge in [0.15, 0.2) is 9.84 Å². The van der Waals surface area contributed by atoms with Crippen LogP contribution in [-0.4, -0.2) is 51.8 Å². The van der Waals surface area contributed by atoms with Crippen LogP contribution in [0.5, 0.6) is 0 Å². The molecule has 16 heavy (non-hydrogen) atoms. The zero-order valence-electron chi connectivity index (χ0n) is 8.92. The fraction of sp³-hybridized carbons (Fsp3) is 1.00. The Kier molecular flexibility index (Phi) is 3.26. The van der Waals surface area contributed by atoms with Gasteiger partial charge in [-0.25, -0.2) is 8.42 Å². The molecule has 2 saturated heterocycles. The predicted molar refractivity (Wildman–Crippen MR) is 59.9 cm³/mol. The summed E-state index contributed by atoms with van der Waals surface area (Å²) in [6, 6.07) is -0.449. The van der Waals surface area contributed by atoms with Gasteiger partial charge < -0.3 is 0 Å².